The van der Waals surface area contributed by atoms with Gasteiger partial charge >= 0.3 is 0 Å². The normalized spacial score (nSPS) is 17.5. The van der Waals surface area contributed by atoms with Crippen LogP contribution in [0, 0.1) is 12.8 Å². The summed E-state index contributed by atoms with van der Waals surface area (Å²) >= 11 is 0. The van der Waals surface area contributed by atoms with Crippen molar-refractivity contribution in [2.75, 3.05) is 20.3 Å². The molecule has 1 saturated heterocycles. The van der Waals surface area contributed by atoms with Crippen LogP contribution in [-0.4, -0.2) is 67.6 Å². The lowest BCUT2D eigenvalue weighted by molar-refractivity contribution is -0.130. The fraction of sp³-hybridized carbons (Fsp3) is 0.552. The first-order valence-corrected chi connectivity index (χ1v) is 13.7. The van der Waals surface area contributed by atoms with Crippen molar-refractivity contribution >= 4 is 24.0 Å². The highest BCUT2D eigenvalue weighted by Crippen LogP contribution is 2.28. The van der Waals surface area contributed by atoms with Crippen LogP contribution < -0.4 is 20.7 Å². The van der Waals surface area contributed by atoms with E-state index < -0.39 is 29.8 Å². The third-order valence-corrected chi connectivity index (χ3v) is 6.76. The number of aromatic nitrogens is 1. The molecule has 1 aliphatic heterocycles. The summed E-state index contributed by atoms with van der Waals surface area (Å²) in [4.78, 5) is 49.5. The summed E-state index contributed by atoms with van der Waals surface area (Å²) in [5.41, 5.74) is 1.46. The van der Waals surface area contributed by atoms with Crippen LogP contribution >= 0.6 is 0 Å². The summed E-state index contributed by atoms with van der Waals surface area (Å²) in [7, 11) is 1.56. The first-order valence-electron chi connectivity index (χ1n) is 13.7. The number of carbonyl (C=O) groups excluding carboxylic acids is 4. The zero-order chi connectivity index (χ0) is 28.9. The number of nitrogens with one attached hydrogen (secondary N) is 3. The summed E-state index contributed by atoms with van der Waals surface area (Å²) in [5.74, 6) is 0.103. The molecule has 2 aromatic rings. The third-order valence-electron chi connectivity index (χ3n) is 6.76. The van der Waals surface area contributed by atoms with E-state index in [-0.39, 0.29) is 19.4 Å². The number of ether oxygens (including phenoxy) is 2. The molecule has 11 nitrogen and oxygen atoms in total. The van der Waals surface area contributed by atoms with Crippen molar-refractivity contribution in [3.8, 4) is 5.75 Å². The molecular formula is C29H40N4O7. The van der Waals surface area contributed by atoms with E-state index >= 15 is 0 Å². The molecule has 2 fully saturated rings. The Morgan fingerprint density at radius 2 is 1.80 bits per heavy atom. The van der Waals surface area contributed by atoms with E-state index in [1.165, 1.54) is 0 Å². The fourth-order valence-corrected chi connectivity index (χ4v) is 4.48. The maximum absolute atomic E-state index is 13.1. The molecule has 1 unspecified atom stereocenters. The fourth-order valence-electron chi connectivity index (χ4n) is 4.48. The number of epoxide rings is 1. The lowest BCUT2D eigenvalue weighted by Crippen LogP contribution is -2.53. The van der Waals surface area contributed by atoms with Gasteiger partial charge in [-0.2, -0.15) is 0 Å². The average molecular weight is 557 g/mol. The van der Waals surface area contributed by atoms with Crippen molar-refractivity contribution in [1.82, 2.24) is 21.1 Å². The van der Waals surface area contributed by atoms with E-state index in [0.717, 1.165) is 44.1 Å². The van der Waals surface area contributed by atoms with Crippen LogP contribution in [0.2, 0.25) is 0 Å². The van der Waals surface area contributed by atoms with Crippen LogP contribution in [0.25, 0.3) is 0 Å². The Labute approximate surface area is 234 Å². The summed E-state index contributed by atoms with van der Waals surface area (Å²) in [6.07, 6.45) is 6.49. The second-order valence-electron chi connectivity index (χ2n) is 10.3. The Morgan fingerprint density at radius 3 is 2.35 bits per heavy atom. The van der Waals surface area contributed by atoms with E-state index in [2.05, 4.69) is 28.0 Å². The van der Waals surface area contributed by atoms with Crippen LogP contribution in [0.3, 0.4) is 0 Å². The van der Waals surface area contributed by atoms with Crippen molar-refractivity contribution in [2.45, 2.75) is 77.0 Å². The minimum absolute atomic E-state index is 0.0495. The van der Waals surface area contributed by atoms with Gasteiger partial charge in [0.15, 0.2) is 0 Å². The monoisotopic (exact) mass is 556 g/mol. The second-order valence-corrected chi connectivity index (χ2v) is 10.3. The number of aryl methyl sites for hydroxylation is 1. The number of benzene rings is 1. The van der Waals surface area contributed by atoms with Crippen molar-refractivity contribution in [2.24, 2.45) is 5.92 Å². The Bertz CT molecular complexity index is 1110. The van der Waals surface area contributed by atoms with Gasteiger partial charge in [0.25, 0.3) is 0 Å². The zero-order valence-corrected chi connectivity index (χ0v) is 23.4. The molecule has 3 amide bonds. The molecule has 2 heterocycles. The number of methoxy groups -OCH3 is 1. The summed E-state index contributed by atoms with van der Waals surface area (Å²) in [6.45, 7) is 4.48. The van der Waals surface area contributed by atoms with E-state index in [1.807, 2.05) is 12.1 Å². The van der Waals surface area contributed by atoms with Crippen LogP contribution in [0.5, 0.6) is 5.75 Å². The molecule has 0 radical (unpaired) electrons. The number of carbonyl (C=O) groups is 4. The minimum atomic E-state index is -0.925. The SMILES string of the molecule is CC1CO1.COc1ccc(C[C@H](NC(=O)CNC(=O)Cc2cc(C)no2)C(=O)N[C@H](C=O)CC2CCCC2)cc1. The number of rotatable bonds is 13. The van der Waals surface area contributed by atoms with Crippen LogP contribution in [-0.2, 0) is 36.8 Å². The van der Waals surface area contributed by atoms with E-state index in [0.29, 0.717) is 35.6 Å². The molecule has 1 aromatic carbocycles. The van der Waals surface area contributed by atoms with Crippen molar-refractivity contribution in [3.63, 3.8) is 0 Å². The predicted molar refractivity (Wildman–Crippen MR) is 147 cm³/mol. The lowest BCUT2D eigenvalue weighted by atomic mass is 9.98. The Hall–Kier alpha value is -3.73. The molecule has 0 spiro atoms. The Balaban J connectivity index is 0.00000101. The molecule has 40 heavy (non-hydrogen) atoms. The number of hydrogen-bond donors (Lipinski definition) is 3. The first-order chi connectivity index (χ1) is 19.2. The maximum atomic E-state index is 13.1. The predicted octanol–water partition coefficient (Wildman–Crippen LogP) is 2.05. The van der Waals surface area contributed by atoms with Gasteiger partial charge < -0.3 is 34.7 Å². The highest BCUT2D eigenvalue weighted by molar-refractivity contribution is 5.91. The molecule has 1 aliphatic carbocycles. The van der Waals surface area contributed by atoms with E-state index in [4.69, 9.17) is 14.0 Å². The molecule has 218 valence electrons. The van der Waals surface area contributed by atoms with Gasteiger partial charge in [0.1, 0.15) is 23.8 Å². The standard InChI is InChI=1S/C26H34N4O6.C3H6O/c1-17-11-22(36-30-17)14-24(32)27-15-25(33)29-23(13-19-7-9-21(35-2)10-8-19)26(34)28-20(16-31)12-18-5-3-4-6-18;1-3-2-4-3/h7-11,16,18,20,23H,3-6,12-15H2,1-2H3,(H,27,32)(H,28,34)(H,29,33);3H,2H2,1H3/t20-,23-;/m0./s1. The molecule has 1 saturated carbocycles. The van der Waals surface area contributed by atoms with Gasteiger partial charge in [0.2, 0.25) is 17.7 Å². The van der Waals surface area contributed by atoms with Crippen molar-refractivity contribution in [3.05, 3.63) is 47.3 Å². The first kappa shape index (κ1) is 30.8. The van der Waals surface area contributed by atoms with Gasteiger partial charge in [0.05, 0.1) is 44.5 Å². The van der Waals surface area contributed by atoms with Gasteiger partial charge in [-0.1, -0.05) is 43.0 Å². The summed E-state index contributed by atoms with van der Waals surface area (Å²) in [6, 6.07) is 7.26. The highest BCUT2D eigenvalue weighted by Gasteiger charge is 2.26. The van der Waals surface area contributed by atoms with Crippen molar-refractivity contribution < 1.29 is 33.2 Å². The van der Waals surface area contributed by atoms with Gasteiger partial charge in [-0.15, -0.1) is 0 Å². The average Bonchev–Trinajstić information content (AvgIpc) is 3.36. The Kier molecular flexibility index (Phi) is 12.1. The molecule has 2 aliphatic rings. The minimum Gasteiger partial charge on any atom is -0.497 e. The quantitative estimate of drug-likeness (QED) is 0.250. The van der Waals surface area contributed by atoms with Gasteiger partial charge in [-0.25, -0.2) is 0 Å². The maximum Gasteiger partial charge on any atom is 0.243 e. The van der Waals surface area contributed by atoms with E-state index in [1.54, 1.807) is 32.2 Å². The highest BCUT2D eigenvalue weighted by atomic mass is 16.6. The number of nitrogens with zero attached hydrogens (tertiary/aromatic N) is 1. The Morgan fingerprint density at radius 1 is 1.12 bits per heavy atom. The number of aldehydes is 1. The molecule has 11 heteroatoms. The number of amides is 3. The third kappa shape index (κ3) is 11.2. The van der Waals surface area contributed by atoms with Crippen molar-refractivity contribution in [1.29, 1.82) is 0 Å². The molecule has 3 atom stereocenters. The smallest absolute Gasteiger partial charge is 0.243 e. The molecule has 4 rings (SSSR count). The molecule has 0 bridgehead atoms. The summed E-state index contributed by atoms with van der Waals surface area (Å²) in [5, 5.41) is 11.7. The van der Waals surface area contributed by atoms with Gasteiger partial charge in [-0.3, -0.25) is 14.4 Å². The van der Waals surface area contributed by atoms with E-state index in [9.17, 15) is 19.2 Å². The topological polar surface area (TPSA) is 152 Å². The summed E-state index contributed by atoms with van der Waals surface area (Å²) < 4.78 is 14.9. The molecular weight excluding hydrogens is 516 g/mol. The molecule has 3 N–H and O–H groups in total. The van der Waals surface area contributed by atoms with Gasteiger partial charge in [0, 0.05) is 12.5 Å². The number of hydrogen-bond acceptors (Lipinski definition) is 8. The second kappa shape index (κ2) is 15.8. The zero-order valence-electron chi connectivity index (χ0n) is 23.4. The molecule has 1 aromatic heterocycles. The van der Waals surface area contributed by atoms with Crippen LogP contribution in [0.4, 0.5) is 0 Å². The van der Waals surface area contributed by atoms with Crippen LogP contribution in [0.1, 0.15) is 56.0 Å². The van der Waals surface area contributed by atoms with Crippen LogP contribution in [0.15, 0.2) is 34.9 Å². The lowest BCUT2D eigenvalue weighted by Gasteiger charge is -2.22. The largest absolute Gasteiger partial charge is 0.497 e. The van der Waals surface area contributed by atoms with Gasteiger partial charge in [-0.05, 0) is 43.9 Å².